The first-order valence-corrected chi connectivity index (χ1v) is 12.4. The number of likely N-dealkylation sites (tertiary alicyclic amines) is 1. The van der Waals surface area contributed by atoms with E-state index in [1.807, 2.05) is 29.8 Å². The number of anilines is 1. The molecule has 34 heavy (non-hydrogen) atoms. The molecule has 4 heterocycles. The predicted octanol–water partition coefficient (Wildman–Crippen LogP) is 4.60. The van der Waals surface area contributed by atoms with E-state index in [2.05, 4.69) is 46.1 Å². The van der Waals surface area contributed by atoms with Gasteiger partial charge in [-0.1, -0.05) is 37.6 Å². The van der Waals surface area contributed by atoms with Gasteiger partial charge in [-0.2, -0.15) is 0 Å². The van der Waals surface area contributed by atoms with Gasteiger partial charge in [0.1, 0.15) is 23.1 Å². The molecule has 2 aromatic heterocycles. The highest BCUT2D eigenvalue weighted by Gasteiger charge is 2.30. The minimum atomic E-state index is -0.0185. The van der Waals surface area contributed by atoms with Crippen molar-refractivity contribution in [3.8, 4) is 0 Å². The first kappa shape index (κ1) is 23.0. The minimum Gasteiger partial charge on any atom is -0.321 e. The van der Waals surface area contributed by atoms with E-state index in [0.29, 0.717) is 23.4 Å². The maximum Gasteiger partial charge on any atom is 0.260 e. The van der Waals surface area contributed by atoms with Crippen molar-refractivity contribution in [3.05, 3.63) is 69.9 Å². The van der Waals surface area contributed by atoms with Crippen molar-refractivity contribution in [1.82, 2.24) is 24.6 Å². The summed E-state index contributed by atoms with van der Waals surface area (Å²) in [6.07, 6.45) is 4.99. The second-order valence-corrected chi connectivity index (χ2v) is 10.3. The maximum absolute atomic E-state index is 13.4. The molecule has 1 amide bonds. The molecule has 5 rings (SSSR count). The summed E-state index contributed by atoms with van der Waals surface area (Å²) in [6.45, 7) is 8.00. The highest BCUT2D eigenvalue weighted by Crippen LogP contribution is 2.32. The van der Waals surface area contributed by atoms with E-state index in [1.54, 1.807) is 11.2 Å². The summed E-state index contributed by atoms with van der Waals surface area (Å²) in [5.74, 6) is 2.47. The lowest BCUT2D eigenvalue weighted by Crippen LogP contribution is -2.33. The Kier molecular flexibility index (Phi) is 6.40. The van der Waals surface area contributed by atoms with Gasteiger partial charge in [0.25, 0.3) is 5.91 Å². The number of nitrogens with zero attached hydrogens (tertiary/aromatic N) is 6. The van der Waals surface area contributed by atoms with Gasteiger partial charge >= 0.3 is 0 Å². The number of hydrogen-bond donors (Lipinski definition) is 0. The molecule has 0 spiro atoms. The molecule has 1 saturated heterocycles. The van der Waals surface area contributed by atoms with Crippen LogP contribution in [-0.4, -0.2) is 43.6 Å². The molecule has 2 atom stereocenters. The minimum absolute atomic E-state index is 0.0185. The first-order chi connectivity index (χ1) is 16.4. The topological polar surface area (TPSA) is 67.2 Å². The summed E-state index contributed by atoms with van der Waals surface area (Å²) in [7, 11) is 1.95. The van der Waals surface area contributed by atoms with Gasteiger partial charge in [-0.3, -0.25) is 14.6 Å². The lowest BCUT2D eigenvalue weighted by Gasteiger charge is -2.31. The number of aromatic nitrogens is 4. The van der Waals surface area contributed by atoms with Crippen LogP contribution in [0.5, 0.6) is 0 Å². The average Bonchev–Trinajstić information content (AvgIpc) is 3.35. The summed E-state index contributed by atoms with van der Waals surface area (Å²) < 4.78 is 1.93. The molecule has 0 bridgehead atoms. The SMILES string of the molecule is C[C@H]1CCCN(Cc2cc(Cl)nc(N3Cc4ccc([C@@H](C)Cc5nncn5C)cc4C3=O)c2)C1. The third kappa shape index (κ3) is 4.72. The van der Waals surface area contributed by atoms with Crippen LogP contribution in [0.1, 0.15) is 65.5 Å². The lowest BCUT2D eigenvalue weighted by molar-refractivity contribution is 0.0996. The summed E-state index contributed by atoms with van der Waals surface area (Å²) in [5, 5.41) is 8.59. The molecule has 0 aliphatic carbocycles. The van der Waals surface area contributed by atoms with E-state index < -0.39 is 0 Å². The van der Waals surface area contributed by atoms with E-state index in [0.717, 1.165) is 54.1 Å². The quantitative estimate of drug-likeness (QED) is 0.484. The number of carbonyl (C=O) groups is 1. The molecule has 8 heteroatoms. The van der Waals surface area contributed by atoms with Crippen molar-refractivity contribution >= 4 is 23.3 Å². The number of benzene rings is 1. The Bertz CT molecular complexity index is 1210. The summed E-state index contributed by atoms with van der Waals surface area (Å²) in [6, 6.07) is 10.2. The van der Waals surface area contributed by atoms with E-state index in [1.165, 1.54) is 12.8 Å². The zero-order valence-electron chi connectivity index (χ0n) is 20.0. The second-order valence-electron chi connectivity index (χ2n) is 9.91. The molecular weight excluding hydrogens is 448 g/mol. The van der Waals surface area contributed by atoms with Gasteiger partial charge in [0, 0.05) is 32.1 Å². The van der Waals surface area contributed by atoms with E-state index in [-0.39, 0.29) is 11.8 Å². The normalized spacial score (nSPS) is 19.5. The number of carbonyl (C=O) groups excluding carboxylic acids is 1. The van der Waals surface area contributed by atoms with Crippen molar-refractivity contribution in [2.75, 3.05) is 18.0 Å². The van der Waals surface area contributed by atoms with Gasteiger partial charge in [0.15, 0.2) is 0 Å². The first-order valence-electron chi connectivity index (χ1n) is 12.0. The lowest BCUT2D eigenvalue weighted by atomic mass is 9.94. The third-order valence-electron chi connectivity index (χ3n) is 7.07. The average molecular weight is 479 g/mol. The van der Waals surface area contributed by atoms with Gasteiger partial charge in [0.2, 0.25) is 0 Å². The number of hydrogen-bond acceptors (Lipinski definition) is 5. The van der Waals surface area contributed by atoms with Gasteiger partial charge in [-0.05, 0) is 66.1 Å². The van der Waals surface area contributed by atoms with Crippen LogP contribution in [-0.2, 0) is 26.6 Å². The van der Waals surface area contributed by atoms with Crippen LogP contribution >= 0.6 is 11.6 Å². The monoisotopic (exact) mass is 478 g/mol. The summed E-state index contributed by atoms with van der Waals surface area (Å²) in [5.41, 5.74) is 3.99. The number of aryl methyl sites for hydroxylation is 1. The van der Waals surface area contributed by atoms with Crippen molar-refractivity contribution in [2.24, 2.45) is 13.0 Å². The van der Waals surface area contributed by atoms with Crippen LogP contribution in [0, 0.1) is 5.92 Å². The molecule has 1 fully saturated rings. The Morgan fingerprint density at radius 2 is 2.09 bits per heavy atom. The zero-order valence-corrected chi connectivity index (χ0v) is 20.8. The fourth-order valence-corrected chi connectivity index (χ4v) is 5.37. The number of halogens is 1. The van der Waals surface area contributed by atoms with Crippen LogP contribution in [0.15, 0.2) is 36.7 Å². The molecule has 0 radical (unpaired) electrons. The van der Waals surface area contributed by atoms with Crippen molar-refractivity contribution < 1.29 is 4.79 Å². The summed E-state index contributed by atoms with van der Waals surface area (Å²) in [4.78, 5) is 22.1. The maximum atomic E-state index is 13.4. The van der Waals surface area contributed by atoms with Gasteiger partial charge < -0.3 is 4.57 Å². The summed E-state index contributed by atoms with van der Waals surface area (Å²) >= 11 is 6.40. The van der Waals surface area contributed by atoms with Crippen LogP contribution in [0.2, 0.25) is 5.15 Å². The van der Waals surface area contributed by atoms with Crippen molar-refractivity contribution in [1.29, 1.82) is 0 Å². The number of fused-ring (bicyclic) bond motifs is 1. The van der Waals surface area contributed by atoms with Crippen LogP contribution in [0.4, 0.5) is 5.82 Å². The zero-order chi connectivity index (χ0) is 23.8. The van der Waals surface area contributed by atoms with Crippen LogP contribution < -0.4 is 4.90 Å². The molecule has 0 saturated carbocycles. The number of piperidine rings is 1. The van der Waals surface area contributed by atoms with Gasteiger partial charge in [0.05, 0.1) is 6.54 Å². The Labute approximate surface area is 205 Å². The molecule has 2 aliphatic heterocycles. The van der Waals surface area contributed by atoms with E-state index in [4.69, 9.17) is 11.6 Å². The molecule has 0 N–H and O–H groups in total. The largest absolute Gasteiger partial charge is 0.321 e. The van der Waals surface area contributed by atoms with E-state index in [9.17, 15) is 4.79 Å². The molecule has 2 aliphatic rings. The van der Waals surface area contributed by atoms with Crippen molar-refractivity contribution in [2.45, 2.75) is 52.1 Å². The molecular formula is C26H31ClN6O. The van der Waals surface area contributed by atoms with Crippen LogP contribution in [0.3, 0.4) is 0 Å². The van der Waals surface area contributed by atoms with Gasteiger partial charge in [-0.15, -0.1) is 10.2 Å². The molecule has 1 aromatic carbocycles. The third-order valence-corrected chi connectivity index (χ3v) is 7.26. The van der Waals surface area contributed by atoms with E-state index >= 15 is 0 Å². The molecule has 3 aromatic rings. The highest BCUT2D eigenvalue weighted by molar-refractivity contribution is 6.29. The van der Waals surface area contributed by atoms with Gasteiger partial charge in [-0.25, -0.2) is 4.98 Å². The molecule has 178 valence electrons. The Balaban J connectivity index is 1.34. The van der Waals surface area contributed by atoms with Crippen molar-refractivity contribution in [3.63, 3.8) is 0 Å². The fraction of sp³-hybridized carbons (Fsp3) is 0.462. The van der Waals surface area contributed by atoms with Crippen LogP contribution in [0.25, 0.3) is 0 Å². The molecule has 7 nitrogen and oxygen atoms in total. The number of amides is 1. The predicted molar refractivity (Wildman–Crippen MR) is 133 cm³/mol. The Morgan fingerprint density at radius 1 is 1.24 bits per heavy atom. The Hall–Kier alpha value is -2.77. The molecule has 0 unspecified atom stereocenters. The fourth-order valence-electron chi connectivity index (χ4n) is 5.15. The Morgan fingerprint density at radius 3 is 2.85 bits per heavy atom. The second kappa shape index (κ2) is 9.47. The number of rotatable bonds is 6. The standard InChI is InChI=1S/C26H31ClN6O/c1-17-5-4-8-32(13-17)14-19-10-23(27)29-24(11-19)33-15-21-7-6-20(12-22(21)26(33)34)18(2)9-25-30-28-16-31(25)3/h6-7,10-12,16-18H,4-5,8-9,13-15H2,1-3H3/t17-,18-/m0/s1. The smallest absolute Gasteiger partial charge is 0.260 e. The highest BCUT2D eigenvalue weighted by atomic mass is 35.5. The number of pyridine rings is 1.